The maximum atomic E-state index is 12.0. The van der Waals surface area contributed by atoms with Gasteiger partial charge in [0.2, 0.25) is 5.91 Å². The largest absolute Gasteiger partial charge is 0.399 e. The van der Waals surface area contributed by atoms with Crippen LogP contribution in [-0.4, -0.2) is 24.4 Å². The predicted molar refractivity (Wildman–Crippen MR) is 85.5 cm³/mol. The summed E-state index contributed by atoms with van der Waals surface area (Å²) in [5, 5.41) is 0. The van der Waals surface area contributed by atoms with Gasteiger partial charge in [-0.1, -0.05) is 30.7 Å². The molecule has 0 saturated heterocycles. The van der Waals surface area contributed by atoms with Crippen LogP contribution < -0.4 is 5.73 Å². The van der Waals surface area contributed by atoms with Crippen LogP contribution in [0.5, 0.6) is 0 Å². The maximum Gasteiger partial charge on any atom is 0.222 e. The molecule has 0 saturated carbocycles. The minimum atomic E-state index is 0.192. The second-order valence-corrected chi connectivity index (χ2v) is 5.15. The van der Waals surface area contributed by atoms with Crippen LogP contribution >= 0.6 is 0 Å². The van der Waals surface area contributed by atoms with E-state index in [1.165, 1.54) is 0 Å². The van der Waals surface area contributed by atoms with E-state index in [0.29, 0.717) is 12.8 Å². The molecule has 0 aliphatic carbocycles. The third kappa shape index (κ3) is 5.91. The second-order valence-electron chi connectivity index (χ2n) is 5.15. The molecule has 0 aliphatic rings. The van der Waals surface area contributed by atoms with E-state index in [9.17, 15) is 4.79 Å². The van der Waals surface area contributed by atoms with Gasteiger partial charge in [0.25, 0.3) is 0 Å². The first-order valence-corrected chi connectivity index (χ1v) is 7.33. The van der Waals surface area contributed by atoms with E-state index in [-0.39, 0.29) is 5.91 Å². The SMILES string of the molecule is C=CCCCCCN(C)C(=O)CCc1ccccc1N. The lowest BCUT2D eigenvalue weighted by atomic mass is 10.1. The Morgan fingerprint density at radius 2 is 2.05 bits per heavy atom. The predicted octanol–water partition coefficient (Wildman–Crippen LogP) is 3.41. The number of carbonyl (C=O) groups is 1. The van der Waals surface area contributed by atoms with Gasteiger partial charge in [0.15, 0.2) is 0 Å². The van der Waals surface area contributed by atoms with Crippen molar-refractivity contribution in [2.24, 2.45) is 0 Å². The number of para-hydroxylation sites is 1. The molecule has 1 amide bonds. The zero-order valence-electron chi connectivity index (χ0n) is 12.5. The highest BCUT2D eigenvalue weighted by atomic mass is 16.2. The Kier molecular flexibility index (Phi) is 7.48. The van der Waals surface area contributed by atoms with Crippen molar-refractivity contribution in [2.75, 3.05) is 19.3 Å². The molecule has 0 spiro atoms. The van der Waals surface area contributed by atoms with Crippen molar-refractivity contribution < 1.29 is 4.79 Å². The quantitative estimate of drug-likeness (QED) is 0.426. The number of aryl methyl sites for hydroxylation is 1. The van der Waals surface area contributed by atoms with Crippen molar-refractivity contribution in [1.29, 1.82) is 0 Å². The van der Waals surface area contributed by atoms with Crippen LogP contribution in [0.4, 0.5) is 5.69 Å². The number of hydrogen-bond donors (Lipinski definition) is 1. The molecule has 3 heteroatoms. The van der Waals surface area contributed by atoms with E-state index in [1.807, 2.05) is 42.3 Å². The molecule has 0 fully saturated rings. The van der Waals surface area contributed by atoms with Crippen LogP contribution in [0.2, 0.25) is 0 Å². The number of amides is 1. The smallest absolute Gasteiger partial charge is 0.222 e. The number of nitrogens with two attached hydrogens (primary N) is 1. The van der Waals surface area contributed by atoms with Crippen LogP contribution in [0.15, 0.2) is 36.9 Å². The number of unbranched alkanes of at least 4 members (excludes halogenated alkanes) is 3. The molecule has 0 heterocycles. The van der Waals surface area contributed by atoms with Crippen LogP contribution in [-0.2, 0) is 11.2 Å². The number of benzene rings is 1. The molecular formula is C17H26N2O. The van der Waals surface area contributed by atoms with Gasteiger partial charge in [-0.25, -0.2) is 0 Å². The molecule has 0 radical (unpaired) electrons. The van der Waals surface area contributed by atoms with E-state index in [2.05, 4.69) is 6.58 Å². The van der Waals surface area contributed by atoms with Crippen LogP contribution in [0.25, 0.3) is 0 Å². The first-order valence-electron chi connectivity index (χ1n) is 7.33. The highest BCUT2D eigenvalue weighted by Crippen LogP contribution is 2.13. The number of nitrogen functional groups attached to an aromatic ring is 1. The summed E-state index contributed by atoms with van der Waals surface area (Å²) in [6.07, 6.45) is 7.61. The first kappa shape index (κ1) is 16.3. The number of nitrogens with zero attached hydrogens (tertiary/aromatic N) is 1. The molecule has 0 aliphatic heterocycles. The van der Waals surface area contributed by atoms with E-state index in [4.69, 9.17) is 5.73 Å². The van der Waals surface area contributed by atoms with Gasteiger partial charge in [0.05, 0.1) is 0 Å². The van der Waals surface area contributed by atoms with E-state index in [1.54, 1.807) is 0 Å². The Labute approximate surface area is 122 Å². The number of hydrogen-bond acceptors (Lipinski definition) is 2. The number of allylic oxidation sites excluding steroid dienone is 1. The summed E-state index contributed by atoms with van der Waals surface area (Å²) in [7, 11) is 1.88. The highest BCUT2D eigenvalue weighted by molar-refractivity contribution is 5.76. The van der Waals surface area contributed by atoms with Gasteiger partial charge in [-0.05, 0) is 37.3 Å². The Balaban J connectivity index is 2.24. The van der Waals surface area contributed by atoms with Gasteiger partial charge >= 0.3 is 0 Å². The summed E-state index contributed by atoms with van der Waals surface area (Å²) in [6.45, 7) is 4.54. The van der Waals surface area contributed by atoms with E-state index < -0.39 is 0 Å². The summed E-state index contributed by atoms with van der Waals surface area (Å²) in [5.74, 6) is 0.192. The lowest BCUT2D eigenvalue weighted by Gasteiger charge is -2.17. The fraction of sp³-hybridized carbons (Fsp3) is 0.471. The molecule has 1 rings (SSSR count). The van der Waals surface area contributed by atoms with Gasteiger partial charge in [-0.3, -0.25) is 4.79 Å². The molecule has 1 aromatic carbocycles. The highest BCUT2D eigenvalue weighted by Gasteiger charge is 2.09. The third-order valence-electron chi connectivity index (χ3n) is 3.49. The van der Waals surface area contributed by atoms with Crippen LogP contribution in [0.1, 0.15) is 37.7 Å². The van der Waals surface area contributed by atoms with Gasteiger partial charge < -0.3 is 10.6 Å². The molecule has 2 N–H and O–H groups in total. The zero-order chi connectivity index (χ0) is 14.8. The van der Waals surface area contributed by atoms with Gasteiger partial charge in [-0.15, -0.1) is 6.58 Å². The Morgan fingerprint density at radius 3 is 2.75 bits per heavy atom. The van der Waals surface area contributed by atoms with Gasteiger partial charge in [-0.2, -0.15) is 0 Å². The van der Waals surface area contributed by atoms with Crippen molar-refractivity contribution in [3.8, 4) is 0 Å². The molecule has 1 aromatic rings. The summed E-state index contributed by atoms with van der Waals surface area (Å²) in [4.78, 5) is 13.8. The summed E-state index contributed by atoms with van der Waals surface area (Å²) in [6, 6.07) is 7.73. The fourth-order valence-corrected chi connectivity index (χ4v) is 2.13. The van der Waals surface area contributed by atoms with Gasteiger partial charge in [0, 0.05) is 25.7 Å². The summed E-state index contributed by atoms with van der Waals surface area (Å²) in [5.41, 5.74) is 7.70. The molecule has 3 nitrogen and oxygen atoms in total. The van der Waals surface area contributed by atoms with E-state index in [0.717, 1.165) is 43.5 Å². The minimum Gasteiger partial charge on any atom is -0.399 e. The van der Waals surface area contributed by atoms with Crippen molar-refractivity contribution in [3.05, 3.63) is 42.5 Å². The average molecular weight is 274 g/mol. The molecule has 0 bridgehead atoms. The van der Waals surface area contributed by atoms with Crippen molar-refractivity contribution in [2.45, 2.75) is 38.5 Å². The van der Waals surface area contributed by atoms with Crippen molar-refractivity contribution >= 4 is 11.6 Å². The molecular weight excluding hydrogens is 248 g/mol. The Hall–Kier alpha value is -1.77. The topological polar surface area (TPSA) is 46.3 Å². The van der Waals surface area contributed by atoms with Crippen molar-refractivity contribution in [1.82, 2.24) is 4.90 Å². The summed E-state index contributed by atoms with van der Waals surface area (Å²) < 4.78 is 0. The normalized spacial score (nSPS) is 10.2. The third-order valence-corrected chi connectivity index (χ3v) is 3.49. The number of carbonyl (C=O) groups excluding carboxylic acids is 1. The lowest BCUT2D eigenvalue weighted by molar-refractivity contribution is -0.129. The Bertz CT molecular complexity index is 429. The molecule has 0 atom stereocenters. The standard InChI is InChI=1S/C17H26N2O/c1-3-4-5-6-9-14-19(2)17(20)13-12-15-10-7-8-11-16(15)18/h3,7-8,10-11H,1,4-6,9,12-14,18H2,2H3. The zero-order valence-corrected chi connectivity index (χ0v) is 12.5. The lowest BCUT2D eigenvalue weighted by Crippen LogP contribution is -2.28. The second kappa shape index (κ2) is 9.18. The number of rotatable bonds is 9. The first-order chi connectivity index (χ1) is 9.65. The minimum absolute atomic E-state index is 0.192. The monoisotopic (exact) mass is 274 g/mol. The van der Waals surface area contributed by atoms with Crippen LogP contribution in [0, 0.1) is 0 Å². The molecule has 110 valence electrons. The van der Waals surface area contributed by atoms with Gasteiger partial charge in [0.1, 0.15) is 0 Å². The molecule has 20 heavy (non-hydrogen) atoms. The van der Waals surface area contributed by atoms with E-state index >= 15 is 0 Å². The van der Waals surface area contributed by atoms with Crippen molar-refractivity contribution in [3.63, 3.8) is 0 Å². The fourth-order valence-electron chi connectivity index (χ4n) is 2.13. The average Bonchev–Trinajstić information content (AvgIpc) is 2.45. The molecule has 0 unspecified atom stereocenters. The summed E-state index contributed by atoms with van der Waals surface area (Å²) >= 11 is 0. The maximum absolute atomic E-state index is 12.0. The Morgan fingerprint density at radius 1 is 1.30 bits per heavy atom. The number of anilines is 1. The van der Waals surface area contributed by atoms with Crippen LogP contribution in [0.3, 0.4) is 0 Å². The molecule has 0 aromatic heterocycles.